The highest BCUT2D eigenvalue weighted by molar-refractivity contribution is 8.00. The summed E-state index contributed by atoms with van der Waals surface area (Å²) in [5, 5.41) is 5.35. The van der Waals surface area contributed by atoms with Crippen molar-refractivity contribution in [2.45, 2.75) is 53.6 Å². The van der Waals surface area contributed by atoms with Crippen molar-refractivity contribution in [3.05, 3.63) is 17.0 Å². The molecular weight excluding hydrogens is 324 g/mol. The number of nitrogens with one attached hydrogen (secondary N) is 2. The van der Waals surface area contributed by atoms with Gasteiger partial charge in [-0.05, 0) is 48.9 Å². The van der Waals surface area contributed by atoms with E-state index in [2.05, 4.69) is 16.3 Å². The largest absolute Gasteiger partial charge is 0.310 e. The second-order valence-corrected chi connectivity index (χ2v) is 10.2. The molecule has 2 aliphatic carbocycles. The summed E-state index contributed by atoms with van der Waals surface area (Å²) in [7, 11) is -3.35. The van der Waals surface area contributed by atoms with Crippen LogP contribution in [-0.4, -0.2) is 32.0 Å². The number of thioether (sulfide) groups is 1. The molecule has 118 valence electrons. The quantitative estimate of drug-likeness (QED) is 0.759. The first-order valence-corrected chi connectivity index (χ1v) is 11.0. The topological polar surface area (TPSA) is 58.2 Å². The van der Waals surface area contributed by atoms with Gasteiger partial charge < -0.3 is 5.32 Å². The van der Waals surface area contributed by atoms with Crippen molar-refractivity contribution in [1.82, 2.24) is 10.0 Å². The second kappa shape index (κ2) is 6.20. The lowest BCUT2D eigenvalue weighted by Gasteiger charge is -2.40. The molecule has 7 heteroatoms. The van der Waals surface area contributed by atoms with Gasteiger partial charge in [-0.15, -0.1) is 11.3 Å². The van der Waals surface area contributed by atoms with Crippen molar-refractivity contribution in [2.75, 3.05) is 12.8 Å². The molecule has 0 amide bonds. The molecule has 0 aromatic carbocycles. The summed E-state index contributed by atoms with van der Waals surface area (Å²) < 4.78 is 28.1. The molecule has 21 heavy (non-hydrogen) atoms. The Bertz CT molecular complexity index is 584. The van der Waals surface area contributed by atoms with Gasteiger partial charge in [-0.2, -0.15) is 11.8 Å². The van der Waals surface area contributed by atoms with Gasteiger partial charge in [0.25, 0.3) is 0 Å². The van der Waals surface area contributed by atoms with Crippen molar-refractivity contribution >= 4 is 33.1 Å². The van der Waals surface area contributed by atoms with E-state index in [0.717, 1.165) is 24.9 Å². The predicted molar refractivity (Wildman–Crippen MR) is 89.5 cm³/mol. The Hall–Kier alpha value is -0.0800. The minimum atomic E-state index is -3.35. The first-order chi connectivity index (χ1) is 10.0. The lowest BCUT2D eigenvalue weighted by molar-refractivity contribution is 0.362. The van der Waals surface area contributed by atoms with Gasteiger partial charge in [0.1, 0.15) is 4.21 Å². The number of hydrogen-bond acceptors (Lipinski definition) is 5. The highest BCUT2D eigenvalue weighted by Crippen LogP contribution is 2.42. The molecule has 4 nitrogen and oxygen atoms in total. The van der Waals surface area contributed by atoms with Crippen LogP contribution in [0, 0.1) is 0 Å². The van der Waals surface area contributed by atoms with Crippen molar-refractivity contribution in [3.63, 3.8) is 0 Å². The molecule has 1 aromatic rings. The molecule has 1 aromatic heterocycles. The van der Waals surface area contributed by atoms with Gasteiger partial charge in [-0.1, -0.05) is 6.42 Å². The summed E-state index contributed by atoms with van der Waals surface area (Å²) >= 11 is 3.10. The van der Waals surface area contributed by atoms with E-state index in [1.54, 1.807) is 17.8 Å². The van der Waals surface area contributed by atoms with E-state index in [9.17, 15) is 8.42 Å². The van der Waals surface area contributed by atoms with Crippen LogP contribution >= 0.6 is 23.1 Å². The zero-order chi connectivity index (χ0) is 14.9. The monoisotopic (exact) mass is 346 g/mol. The standard InChI is InChI=1S/C14H22N2O2S3/c1-19-14(5-2-6-14)10-16-21(17,18)13-7-11(9-20-13)8-15-12-3-4-12/h7,9,12,15-16H,2-6,8,10H2,1H3. The second-order valence-electron chi connectivity index (χ2n) is 5.99. The maximum atomic E-state index is 12.4. The van der Waals surface area contributed by atoms with E-state index >= 15 is 0 Å². The normalized spacial score (nSPS) is 21.2. The van der Waals surface area contributed by atoms with E-state index in [0.29, 0.717) is 16.8 Å². The lowest BCUT2D eigenvalue weighted by Crippen LogP contribution is -2.45. The number of sulfonamides is 1. The molecule has 0 atom stereocenters. The molecule has 0 aliphatic heterocycles. The van der Waals surface area contributed by atoms with Crippen molar-refractivity contribution in [2.24, 2.45) is 0 Å². The highest BCUT2D eigenvalue weighted by Gasteiger charge is 2.37. The van der Waals surface area contributed by atoms with Gasteiger partial charge >= 0.3 is 0 Å². The van der Waals surface area contributed by atoms with Gasteiger partial charge in [0.2, 0.25) is 10.0 Å². The van der Waals surface area contributed by atoms with Crippen LogP contribution in [0.15, 0.2) is 15.7 Å². The SMILES string of the molecule is CSC1(CNS(=O)(=O)c2cc(CNC3CC3)cs2)CCC1. The Kier molecular flexibility index (Phi) is 4.66. The summed E-state index contributed by atoms with van der Waals surface area (Å²) in [4.78, 5) is 0. The van der Waals surface area contributed by atoms with Gasteiger partial charge in [0.05, 0.1) is 0 Å². The first-order valence-electron chi connectivity index (χ1n) is 7.39. The summed E-state index contributed by atoms with van der Waals surface area (Å²) in [6, 6.07) is 2.44. The highest BCUT2D eigenvalue weighted by atomic mass is 32.2. The summed E-state index contributed by atoms with van der Waals surface area (Å²) in [5.74, 6) is 0. The number of thiophene rings is 1. The first kappa shape index (κ1) is 15.8. The molecule has 2 fully saturated rings. The Morgan fingerprint density at radius 3 is 2.76 bits per heavy atom. The van der Waals surface area contributed by atoms with Crippen LogP contribution in [0.2, 0.25) is 0 Å². The van der Waals surface area contributed by atoms with E-state index in [4.69, 9.17) is 0 Å². The molecule has 0 saturated heterocycles. The minimum absolute atomic E-state index is 0.126. The van der Waals surface area contributed by atoms with Crippen LogP contribution in [-0.2, 0) is 16.6 Å². The zero-order valence-corrected chi connectivity index (χ0v) is 14.7. The van der Waals surface area contributed by atoms with E-state index in [-0.39, 0.29) is 4.75 Å². The number of hydrogen-bond donors (Lipinski definition) is 2. The third-order valence-corrected chi connectivity index (χ3v) is 8.66. The molecule has 0 spiro atoms. The summed E-state index contributed by atoms with van der Waals surface area (Å²) in [6.07, 6.45) is 7.98. The van der Waals surface area contributed by atoms with Gasteiger partial charge in [-0.3, -0.25) is 0 Å². The Labute approximate surface area is 135 Å². The predicted octanol–water partition coefficient (Wildman–Crippen LogP) is 2.56. The molecule has 0 radical (unpaired) electrons. The fraction of sp³-hybridized carbons (Fsp3) is 0.714. The van der Waals surface area contributed by atoms with Gasteiger partial charge in [-0.25, -0.2) is 13.1 Å². The average Bonchev–Trinajstić information content (AvgIpc) is 3.12. The molecule has 0 unspecified atom stereocenters. The van der Waals surface area contributed by atoms with Crippen LogP contribution < -0.4 is 10.0 Å². The van der Waals surface area contributed by atoms with Crippen LogP contribution in [0.4, 0.5) is 0 Å². The smallest absolute Gasteiger partial charge is 0.250 e. The van der Waals surface area contributed by atoms with E-state index < -0.39 is 10.0 Å². The van der Waals surface area contributed by atoms with Crippen molar-refractivity contribution < 1.29 is 8.42 Å². The van der Waals surface area contributed by atoms with Gasteiger partial charge in [0, 0.05) is 23.9 Å². The van der Waals surface area contributed by atoms with E-state index in [1.807, 2.05) is 5.38 Å². The Morgan fingerprint density at radius 2 is 2.19 bits per heavy atom. The molecule has 2 saturated carbocycles. The zero-order valence-electron chi connectivity index (χ0n) is 12.2. The van der Waals surface area contributed by atoms with Gasteiger partial charge in [0.15, 0.2) is 0 Å². The molecule has 3 rings (SSSR count). The number of rotatable bonds is 8. The summed E-state index contributed by atoms with van der Waals surface area (Å²) in [6.45, 7) is 1.31. The van der Waals surface area contributed by atoms with Crippen LogP contribution in [0.3, 0.4) is 0 Å². The fourth-order valence-electron chi connectivity index (χ4n) is 2.46. The average molecular weight is 347 g/mol. The Balaban J connectivity index is 1.58. The maximum Gasteiger partial charge on any atom is 0.250 e. The molecule has 2 aliphatic rings. The molecule has 2 N–H and O–H groups in total. The minimum Gasteiger partial charge on any atom is -0.310 e. The molecule has 1 heterocycles. The summed E-state index contributed by atoms with van der Waals surface area (Å²) in [5.41, 5.74) is 1.07. The van der Waals surface area contributed by atoms with E-state index in [1.165, 1.54) is 30.6 Å². The Morgan fingerprint density at radius 1 is 1.43 bits per heavy atom. The molecular formula is C14H22N2O2S3. The third kappa shape index (κ3) is 3.82. The lowest BCUT2D eigenvalue weighted by atomic mass is 9.84. The van der Waals surface area contributed by atoms with Crippen LogP contribution in [0.25, 0.3) is 0 Å². The van der Waals surface area contributed by atoms with Crippen LogP contribution in [0.5, 0.6) is 0 Å². The fourth-order valence-corrected chi connectivity index (χ4v) is 5.84. The van der Waals surface area contributed by atoms with Crippen molar-refractivity contribution in [1.29, 1.82) is 0 Å². The molecule has 0 bridgehead atoms. The maximum absolute atomic E-state index is 12.4. The third-order valence-electron chi connectivity index (χ3n) is 4.35. The van der Waals surface area contributed by atoms with Crippen molar-refractivity contribution in [3.8, 4) is 0 Å². The van der Waals surface area contributed by atoms with Crippen LogP contribution in [0.1, 0.15) is 37.7 Å².